The lowest BCUT2D eigenvalue weighted by Crippen LogP contribution is -2.42. The molecule has 2 rings (SSSR count). The molecular formula is C24H31ClN2O6S. The molecule has 0 aromatic heterocycles. The van der Waals surface area contributed by atoms with E-state index in [1.165, 1.54) is 0 Å². The molecule has 0 radical (unpaired) electrons. The van der Waals surface area contributed by atoms with Gasteiger partial charge >= 0.3 is 6.16 Å². The maximum absolute atomic E-state index is 11.8. The number of nitrogens with one attached hydrogen (secondary N) is 1. The number of amides is 1. The van der Waals surface area contributed by atoms with Crippen molar-refractivity contribution < 1.29 is 28.5 Å². The van der Waals surface area contributed by atoms with Crippen LogP contribution >= 0.6 is 24.2 Å². The maximum atomic E-state index is 11.8. The van der Waals surface area contributed by atoms with Gasteiger partial charge in [-0.1, -0.05) is 24.3 Å². The summed E-state index contributed by atoms with van der Waals surface area (Å²) in [7, 11) is 3.21. The molecule has 0 aliphatic rings. The molecule has 10 heteroatoms. The summed E-state index contributed by atoms with van der Waals surface area (Å²) >= 11 is 1.63. The third kappa shape index (κ3) is 10.4. The van der Waals surface area contributed by atoms with Crippen molar-refractivity contribution >= 4 is 48.4 Å². The second kappa shape index (κ2) is 15.9. The number of halogens is 1. The summed E-state index contributed by atoms with van der Waals surface area (Å²) < 4.78 is 20.7. The van der Waals surface area contributed by atoms with Crippen molar-refractivity contribution in [2.45, 2.75) is 12.5 Å². The van der Waals surface area contributed by atoms with Crippen LogP contribution in [0.15, 0.2) is 42.5 Å². The average molecular weight is 511 g/mol. The van der Waals surface area contributed by atoms with Crippen molar-refractivity contribution in [3.63, 3.8) is 0 Å². The van der Waals surface area contributed by atoms with Gasteiger partial charge in [0.2, 0.25) is 5.91 Å². The zero-order valence-corrected chi connectivity index (χ0v) is 21.1. The average Bonchev–Trinajstić information content (AvgIpc) is 2.84. The highest BCUT2D eigenvalue weighted by Gasteiger charge is 2.12. The number of rotatable bonds is 12. The molecule has 0 aliphatic carbocycles. The van der Waals surface area contributed by atoms with Crippen molar-refractivity contribution in [1.82, 2.24) is 5.32 Å². The van der Waals surface area contributed by atoms with Gasteiger partial charge in [-0.3, -0.25) is 4.79 Å². The normalized spacial score (nSPS) is 11.3. The van der Waals surface area contributed by atoms with Crippen molar-refractivity contribution in [3.05, 3.63) is 53.6 Å². The molecule has 0 aliphatic heterocycles. The first-order valence-electron chi connectivity index (χ1n) is 10.3. The van der Waals surface area contributed by atoms with E-state index in [2.05, 4.69) is 5.32 Å². The Morgan fingerprint density at radius 1 is 1.00 bits per heavy atom. The molecule has 0 bridgehead atoms. The highest BCUT2D eigenvalue weighted by atomic mass is 35.5. The van der Waals surface area contributed by atoms with Crippen LogP contribution in [0.3, 0.4) is 0 Å². The van der Waals surface area contributed by atoms with Crippen LogP contribution in [0.5, 0.6) is 17.2 Å². The Balaban J connectivity index is 0.00000578. The molecule has 3 N–H and O–H groups in total. The van der Waals surface area contributed by atoms with E-state index in [1.807, 2.05) is 42.7 Å². The molecular weight excluding hydrogens is 480 g/mol. The van der Waals surface area contributed by atoms with Crippen LogP contribution < -0.4 is 25.3 Å². The molecule has 1 unspecified atom stereocenters. The van der Waals surface area contributed by atoms with Crippen LogP contribution in [-0.2, 0) is 9.53 Å². The van der Waals surface area contributed by atoms with Gasteiger partial charge in [0.1, 0.15) is 23.9 Å². The summed E-state index contributed by atoms with van der Waals surface area (Å²) in [6, 6.07) is 12.0. The Kier molecular flexibility index (Phi) is 13.6. The lowest BCUT2D eigenvalue weighted by atomic mass is 10.1. The monoisotopic (exact) mass is 510 g/mol. The quantitative estimate of drug-likeness (QED) is 0.191. The highest BCUT2D eigenvalue weighted by Crippen LogP contribution is 2.24. The van der Waals surface area contributed by atoms with Crippen LogP contribution in [0.1, 0.15) is 17.5 Å². The Morgan fingerprint density at radius 3 is 2.21 bits per heavy atom. The van der Waals surface area contributed by atoms with Gasteiger partial charge < -0.3 is 30.0 Å². The Morgan fingerprint density at radius 2 is 1.62 bits per heavy atom. The summed E-state index contributed by atoms with van der Waals surface area (Å²) in [5.74, 6) is 2.30. The molecule has 1 amide bonds. The lowest BCUT2D eigenvalue weighted by molar-refractivity contribution is -0.122. The predicted octanol–water partition coefficient (Wildman–Crippen LogP) is 4.01. The fraction of sp³-hybridized carbons (Fsp3) is 0.333. The summed E-state index contributed by atoms with van der Waals surface area (Å²) in [5.41, 5.74) is 7.60. The first kappa shape index (κ1) is 29.2. The number of hydrogen-bond acceptors (Lipinski definition) is 8. The van der Waals surface area contributed by atoms with Crippen LogP contribution in [-0.4, -0.2) is 57.5 Å². The Bertz CT molecular complexity index is 917. The van der Waals surface area contributed by atoms with E-state index < -0.39 is 12.2 Å². The van der Waals surface area contributed by atoms with Gasteiger partial charge in [0.15, 0.2) is 0 Å². The minimum absolute atomic E-state index is 0. The summed E-state index contributed by atoms with van der Waals surface area (Å²) in [4.78, 5) is 23.6. The van der Waals surface area contributed by atoms with E-state index >= 15 is 0 Å². The fourth-order valence-electron chi connectivity index (χ4n) is 2.71. The number of ether oxygens (including phenoxy) is 4. The van der Waals surface area contributed by atoms with Gasteiger partial charge in [0, 0.05) is 6.07 Å². The van der Waals surface area contributed by atoms with Gasteiger partial charge in [0.05, 0.1) is 26.8 Å². The standard InChI is InChI=1S/C24H30N2O6S.ClH/c1-29-20-14-18(15-21(16-20)30-2)5-4-17-6-8-19(9-7-17)32-24(28)31-12-11-26-23(27)22(25)10-13-33-3;/h4-9,14-16,22H,10-13,25H2,1-3H3,(H,26,27);1H. The van der Waals surface area contributed by atoms with Gasteiger partial charge in [-0.2, -0.15) is 11.8 Å². The number of methoxy groups -OCH3 is 2. The Labute approximate surface area is 210 Å². The number of hydrogen-bond donors (Lipinski definition) is 2. The van der Waals surface area contributed by atoms with Crippen LogP contribution in [0.2, 0.25) is 0 Å². The molecule has 0 saturated carbocycles. The first-order chi connectivity index (χ1) is 15.9. The van der Waals surface area contributed by atoms with Gasteiger partial charge in [0.25, 0.3) is 0 Å². The largest absolute Gasteiger partial charge is 0.513 e. The van der Waals surface area contributed by atoms with Crippen molar-refractivity contribution in [2.75, 3.05) is 39.4 Å². The second-order valence-electron chi connectivity index (χ2n) is 6.93. The smallest absolute Gasteiger partial charge is 0.497 e. The third-order valence-corrected chi connectivity index (χ3v) is 5.16. The first-order valence-corrected chi connectivity index (χ1v) is 11.7. The third-order valence-electron chi connectivity index (χ3n) is 4.51. The number of carbonyl (C=O) groups excluding carboxylic acids is 2. The molecule has 2 aromatic rings. The second-order valence-corrected chi connectivity index (χ2v) is 7.91. The number of thioether (sulfide) groups is 1. The zero-order valence-electron chi connectivity index (χ0n) is 19.4. The van der Waals surface area contributed by atoms with Crippen molar-refractivity contribution in [3.8, 4) is 17.2 Å². The van der Waals surface area contributed by atoms with Gasteiger partial charge in [-0.15, -0.1) is 12.4 Å². The predicted molar refractivity (Wildman–Crippen MR) is 138 cm³/mol. The number of nitrogens with two attached hydrogens (primary N) is 1. The molecule has 2 aromatic carbocycles. The molecule has 1 atom stereocenters. The highest BCUT2D eigenvalue weighted by molar-refractivity contribution is 7.98. The molecule has 0 spiro atoms. The minimum Gasteiger partial charge on any atom is -0.497 e. The van der Waals surface area contributed by atoms with Crippen LogP contribution in [0, 0.1) is 0 Å². The number of carbonyl (C=O) groups is 2. The lowest BCUT2D eigenvalue weighted by Gasteiger charge is -2.11. The van der Waals surface area contributed by atoms with Gasteiger partial charge in [-0.25, -0.2) is 4.79 Å². The summed E-state index contributed by atoms with van der Waals surface area (Å²) in [6.07, 6.45) is 5.55. The van der Waals surface area contributed by atoms with Crippen molar-refractivity contribution in [1.29, 1.82) is 0 Å². The van der Waals surface area contributed by atoms with E-state index in [-0.39, 0.29) is 31.5 Å². The van der Waals surface area contributed by atoms with E-state index in [0.717, 1.165) is 16.9 Å². The zero-order chi connectivity index (χ0) is 24.1. The molecule has 0 heterocycles. The molecule has 0 fully saturated rings. The topological polar surface area (TPSA) is 109 Å². The summed E-state index contributed by atoms with van der Waals surface area (Å²) in [5, 5.41) is 2.63. The molecule has 34 heavy (non-hydrogen) atoms. The SMILES string of the molecule is COc1cc(C=Cc2ccc(OC(=O)OCCNC(=O)C(N)CCSC)cc2)cc(OC)c1.Cl. The van der Waals surface area contributed by atoms with Gasteiger partial charge in [-0.05, 0) is 53.8 Å². The fourth-order valence-corrected chi connectivity index (χ4v) is 3.20. The molecule has 0 saturated heterocycles. The van der Waals surface area contributed by atoms with E-state index in [4.69, 9.17) is 24.7 Å². The molecule has 8 nitrogen and oxygen atoms in total. The van der Waals surface area contributed by atoms with E-state index in [0.29, 0.717) is 23.7 Å². The van der Waals surface area contributed by atoms with Crippen LogP contribution in [0.25, 0.3) is 12.2 Å². The van der Waals surface area contributed by atoms with E-state index in [9.17, 15) is 9.59 Å². The van der Waals surface area contributed by atoms with Crippen molar-refractivity contribution in [2.24, 2.45) is 5.73 Å². The Hall–Kier alpha value is -2.88. The maximum Gasteiger partial charge on any atom is 0.513 e. The van der Waals surface area contributed by atoms with Crippen LogP contribution in [0.4, 0.5) is 4.79 Å². The summed E-state index contributed by atoms with van der Waals surface area (Å²) in [6.45, 7) is 0.157. The molecule has 186 valence electrons. The number of benzene rings is 2. The van der Waals surface area contributed by atoms with E-state index in [1.54, 1.807) is 44.2 Å². The minimum atomic E-state index is -0.845.